The molecule has 0 aliphatic carbocycles. The van der Waals surface area contributed by atoms with Crippen molar-refractivity contribution in [3.63, 3.8) is 0 Å². The Morgan fingerprint density at radius 2 is 1.89 bits per heavy atom. The highest BCUT2D eigenvalue weighted by Crippen LogP contribution is 2.17. The summed E-state index contributed by atoms with van der Waals surface area (Å²) >= 11 is 5.78. The van der Waals surface area contributed by atoms with E-state index in [1.165, 1.54) is 18.3 Å². The molecule has 2 aromatic heterocycles. The predicted molar refractivity (Wildman–Crippen MR) is 72.2 cm³/mol. The van der Waals surface area contributed by atoms with E-state index in [0.717, 1.165) is 5.56 Å². The Morgan fingerprint density at radius 1 is 1.21 bits per heavy atom. The van der Waals surface area contributed by atoms with E-state index in [1.807, 2.05) is 13.0 Å². The highest BCUT2D eigenvalue weighted by molar-refractivity contribution is 7.89. The smallest absolute Gasteiger partial charge is 0.243 e. The Morgan fingerprint density at radius 3 is 2.58 bits per heavy atom. The van der Waals surface area contributed by atoms with Gasteiger partial charge in [-0.05, 0) is 30.7 Å². The van der Waals surface area contributed by atoms with Crippen molar-refractivity contribution in [1.82, 2.24) is 14.7 Å². The Balaban J connectivity index is 2.20. The number of hydrogen-bond acceptors (Lipinski definition) is 4. The van der Waals surface area contributed by atoms with Gasteiger partial charge in [-0.3, -0.25) is 4.98 Å². The molecule has 0 aromatic carbocycles. The van der Waals surface area contributed by atoms with Gasteiger partial charge in [0, 0.05) is 12.4 Å². The summed E-state index contributed by atoms with van der Waals surface area (Å²) in [6.45, 7) is 1.98. The van der Waals surface area contributed by atoms with Crippen LogP contribution >= 0.6 is 11.6 Å². The average molecular weight is 298 g/mol. The molecule has 2 heterocycles. The van der Waals surface area contributed by atoms with Gasteiger partial charge >= 0.3 is 0 Å². The van der Waals surface area contributed by atoms with Crippen molar-refractivity contribution in [2.45, 2.75) is 18.4 Å². The van der Waals surface area contributed by atoms with Crippen LogP contribution in [0.1, 0.15) is 11.3 Å². The van der Waals surface area contributed by atoms with E-state index in [2.05, 4.69) is 14.7 Å². The zero-order valence-corrected chi connectivity index (χ0v) is 11.7. The van der Waals surface area contributed by atoms with Crippen molar-refractivity contribution >= 4 is 21.6 Å². The summed E-state index contributed by atoms with van der Waals surface area (Å²) in [5.41, 5.74) is 1.59. The van der Waals surface area contributed by atoms with Gasteiger partial charge in [-0.25, -0.2) is 18.1 Å². The van der Waals surface area contributed by atoms with Gasteiger partial charge in [0.2, 0.25) is 10.0 Å². The lowest BCUT2D eigenvalue weighted by molar-refractivity contribution is 0.580. The molecule has 0 atom stereocenters. The fraction of sp³-hybridized carbons (Fsp3) is 0.167. The van der Waals surface area contributed by atoms with Gasteiger partial charge in [-0.15, -0.1) is 0 Å². The number of nitrogens with zero attached hydrogens (tertiary/aromatic N) is 2. The number of hydrogen-bond donors (Lipinski definition) is 1. The van der Waals surface area contributed by atoms with Gasteiger partial charge in [0.05, 0.1) is 12.2 Å². The summed E-state index contributed by atoms with van der Waals surface area (Å²) in [5, 5.41) is -0.0484. The molecule has 0 saturated heterocycles. The number of nitrogens with one attached hydrogen (secondary N) is 1. The highest BCUT2D eigenvalue weighted by Gasteiger charge is 2.18. The van der Waals surface area contributed by atoms with E-state index in [4.69, 9.17) is 11.6 Å². The van der Waals surface area contributed by atoms with Crippen molar-refractivity contribution in [3.8, 4) is 0 Å². The van der Waals surface area contributed by atoms with Crippen molar-refractivity contribution in [1.29, 1.82) is 0 Å². The molecule has 0 aliphatic rings. The molecule has 100 valence electrons. The molecule has 0 aliphatic heterocycles. The topological polar surface area (TPSA) is 72.0 Å². The van der Waals surface area contributed by atoms with Gasteiger partial charge in [0.15, 0.2) is 0 Å². The van der Waals surface area contributed by atoms with E-state index in [-0.39, 0.29) is 16.6 Å². The molecule has 2 aromatic rings. The van der Waals surface area contributed by atoms with Crippen LogP contribution in [0.4, 0.5) is 0 Å². The summed E-state index contributed by atoms with van der Waals surface area (Å²) in [6, 6.07) is 6.59. The third kappa shape index (κ3) is 3.28. The van der Waals surface area contributed by atoms with Crippen LogP contribution in [-0.2, 0) is 16.6 Å². The van der Waals surface area contributed by atoms with Gasteiger partial charge in [0.25, 0.3) is 0 Å². The molecule has 0 fully saturated rings. The predicted octanol–water partition coefficient (Wildman–Crippen LogP) is 1.92. The van der Waals surface area contributed by atoms with E-state index in [0.29, 0.717) is 5.69 Å². The Labute approximate surface area is 116 Å². The van der Waals surface area contributed by atoms with Crippen molar-refractivity contribution in [3.05, 3.63) is 53.1 Å². The van der Waals surface area contributed by atoms with Crippen LogP contribution in [0.5, 0.6) is 0 Å². The second-order valence-corrected chi connectivity index (χ2v) is 5.98. The van der Waals surface area contributed by atoms with Gasteiger partial charge < -0.3 is 0 Å². The van der Waals surface area contributed by atoms with Crippen LogP contribution in [0.2, 0.25) is 5.15 Å². The van der Waals surface area contributed by atoms with Crippen molar-refractivity contribution < 1.29 is 8.42 Å². The third-order valence-corrected chi connectivity index (χ3v) is 4.41. The minimum absolute atomic E-state index is 0.0368. The summed E-state index contributed by atoms with van der Waals surface area (Å²) in [7, 11) is -3.69. The lowest BCUT2D eigenvalue weighted by atomic mass is 10.2. The van der Waals surface area contributed by atoms with E-state index < -0.39 is 10.0 Å². The van der Waals surface area contributed by atoms with Gasteiger partial charge in [0.1, 0.15) is 10.0 Å². The quantitative estimate of drug-likeness (QED) is 0.875. The molecule has 0 bridgehead atoms. The maximum Gasteiger partial charge on any atom is 0.243 e. The van der Waals surface area contributed by atoms with Crippen LogP contribution in [-0.4, -0.2) is 18.4 Å². The largest absolute Gasteiger partial charge is 0.260 e. The number of rotatable bonds is 4. The number of aromatic nitrogens is 2. The molecule has 1 N–H and O–H groups in total. The van der Waals surface area contributed by atoms with Crippen molar-refractivity contribution in [2.75, 3.05) is 0 Å². The van der Waals surface area contributed by atoms with Crippen LogP contribution in [0.25, 0.3) is 0 Å². The molecule has 2 rings (SSSR count). The van der Waals surface area contributed by atoms with Crippen molar-refractivity contribution in [2.24, 2.45) is 0 Å². The summed E-state index contributed by atoms with van der Waals surface area (Å²) < 4.78 is 26.6. The van der Waals surface area contributed by atoms with E-state index in [9.17, 15) is 8.42 Å². The number of sulfonamides is 1. The first-order chi connectivity index (χ1) is 9.00. The molecule has 7 heteroatoms. The van der Waals surface area contributed by atoms with Crippen LogP contribution < -0.4 is 4.72 Å². The second kappa shape index (κ2) is 5.64. The Hall–Kier alpha value is -1.50. The molecule has 0 saturated carbocycles. The average Bonchev–Trinajstić information content (AvgIpc) is 2.38. The first-order valence-electron chi connectivity index (χ1n) is 5.51. The monoisotopic (exact) mass is 297 g/mol. The Kier molecular flexibility index (Phi) is 4.14. The third-order valence-electron chi connectivity index (χ3n) is 2.56. The maximum absolute atomic E-state index is 12.1. The normalized spacial score (nSPS) is 11.5. The van der Waals surface area contributed by atoms with Gasteiger partial charge in [-0.2, -0.15) is 0 Å². The summed E-state index contributed by atoms with van der Waals surface area (Å²) in [5.74, 6) is 0. The molecular formula is C12H12ClN3O2S. The van der Waals surface area contributed by atoms with Crippen LogP contribution in [0, 0.1) is 6.92 Å². The first kappa shape index (κ1) is 13.9. The lowest BCUT2D eigenvalue weighted by Gasteiger charge is -2.08. The zero-order chi connectivity index (χ0) is 13.9. The Bertz CT molecular complexity index is 689. The number of aryl methyl sites for hydroxylation is 1. The molecular weight excluding hydrogens is 286 g/mol. The summed E-state index contributed by atoms with van der Waals surface area (Å²) in [4.78, 5) is 7.83. The standard InChI is InChI=1S/C12H12ClN3O2S/c1-9-4-2-6-14-10(9)8-16-19(17,18)11-5-3-7-15-12(11)13/h2-7,16H,8H2,1H3. The molecule has 19 heavy (non-hydrogen) atoms. The van der Waals surface area contributed by atoms with Gasteiger partial charge in [-0.1, -0.05) is 17.7 Å². The number of pyridine rings is 2. The maximum atomic E-state index is 12.1. The fourth-order valence-corrected chi connectivity index (χ4v) is 2.95. The second-order valence-electron chi connectivity index (χ2n) is 3.88. The molecule has 0 unspecified atom stereocenters. The van der Waals surface area contributed by atoms with Crippen LogP contribution in [0.3, 0.4) is 0 Å². The lowest BCUT2D eigenvalue weighted by Crippen LogP contribution is -2.24. The molecule has 0 radical (unpaired) electrons. The molecule has 5 nitrogen and oxygen atoms in total. The molecule has 0 spiro atoms. The minimum atomic E-state index is -3.69. The summed E-state index contributed by atoms with van der Waals surface area (Å²) in [6.07, 6.45) is 3.05. The van der Waals surface area contributed by atoms with Crippen LogP contribution in [0.15, 0.2) is 41.6 Å². The van der Waals surface area contributed by atoms with E-state index in [1.54, 1.807) is 12.3 Å². The fourth-order valence-electron chi connectivity index (χ4n) is 1.52. The minimum Gasteiger partial charge on any atom is -0.260 e. The molecule has 0 amide bonds. The highest BCUT2D eigenvalue weighted by atomic mass is 35.5. The van der Waals surface area contributed by atoms with E-state index >= 15 is 0 Å². The number of halogens is 1. The SMILES string of the molecule is Cc1cccnc1CNS(=O)(=O)c1cccnc1Cl. The first-order valence-corrected chi connectivity index (χ1v) is 7.37. The zero-order valence-electron chi connectivity index (χ0n) is 10.2.